The van der Waals surface area contributed by atoms with Crippen molar-refractivity contribution >= 4 is 17.5 Å². The van der Waals surface area contributed by atoms with Gasteiger partial charge in [-0.3, -0.25) is 5.10 Å². The van der Waals surface area contributed by atoms with E-state index in [9.17, 15) is 0 Å². The van der Waals surface area contributed by atoms with Crippen LogP contribution in [-0.2, 0) is 6.54 Å². The molecule has 0 unspecified atom stereocenters. The van der Waals surface area contributed by atoms with Crippen molar-refractivity contribution in [2.75, 3.05) is 32.0 Å². The lowest BCUT2D eigenvalue weighted by Crippen LogP contribution is -2.01. The number of aromatic amines is 1. The Bertz CT molecular complexity index is 1170. The Balaban J connectivity index is 0.00000158. The van der Waals surface area contributed by atoms with Crippen LogP contribution in [-0.4, -0.2) is 41.5 Å². The molecule has 4 rings (SSSR count). The largest absolute Gasteiger partial charge is 0.497 e. The Morgan fingerprint density at radius 1 is 0.853 bits per heavy atom. The van der Waals surface area contributed by atoms with Gasteiger partial charge in [0, 0.05) is 36.6 Å². The number of hydrogen-bond donors (Lipinski definition) is 3. The van der Waals surface area contributed by atoms with E-state index in [1.54, 1.807) is 33.6 Å². The maximum Gasteiger partial charge on any atom is 0.242 e. The third-order valence-corrected chi connectivity index (χ3v) is 4.75. The maximum absolute atomic E-state index is 5.35. The number of rotatable bonds is 9. The molecule has 0 aliphatic heterocycles. The first-order chi connectivity index (χ1) is 16.7. The molecule has 4 aromatic rings. The molecule has 0 aliphatic rings. The number of ether oxygens (including phenoxy) is 3. The van der Waals surface area contributed by atoms with Crippen LogP contribution in [0.4, 0.5) is 17.5 Å². The van der Waals surface area contributed by atoms with Crippen molar-refractivity contribution in [1.29, 1.82) is 0 Å². The van der Waals surface area contributed by atoms with Gasteiger partial charge in [0.05, 0.1) is 26.9 Å². The van der Waals surface area contributed by atoms with Crippen LogP contribution < -0.4 is 24.8 Å². The molecule has 9 heteroatoms. The molecule has 2 heterocycles. The highest BCUT2D eigenvalue weighted by Gasteiger charge is 2.13. The van der Waals surface area contributed by atoms with Gasteiger partial charge in [-0.05, 0) is 29.8 Å². The van der Waals surface area contributed by atoms with E-state index in [1.807, 2.05) is 62.4 Å². The maximum atomic E-state index is 5.35. The van der Waals surface area contributed by atoms with Crippen LogP contribution in [0.15, 0.2) is 60.8 Å². The van der Waals surface area contributed by atoms with Gasteiger partial charge in [-0.2, -0.15) is 4.98 Å². The third kappa shape index (κ3) is 6.16. The fourth-order valence-electron chi connectivity index (χ4n) is 3.14. The summed E-state index contributed by atoms with van der Waals surface area (Å²) in [4.78, 5) is 9.04. The van der Waals surface area contributed by atoms with E-state index < -0.39 is 0 Å². The standard InChI is InChI=1S/C23H24N6O3.C2H6/c1-30-17-7-4-6-15(10-17)14-25-23-27-22(28-29-23)20-8-5-9-24-21(20)26-16-11-18(31-2)13-19(12-16)32-3;1-2/h4-13H,14H2,1-3H3,(H,24,26)(H2,25,27,28,29);1-2H3. The lowest BCUT2D eigenvalue weighted by Gasteiger charge is -2.12. The lowest BCUT2D eigenvalue weighted by molar-refractivity contribution is 0.395. The van der Waals surface area contributed by atoms with Gasteiger partial charge in [0.25, 0.3) is 0 Å². The molecule has 0 aliphatic carbocycles. The quantitative estimate of drug-likeness (QED) is 0.309. The van der Waals surface area contributed by atoms with Gasteiger partial charge in [0.15, 0.2) is 5.82 Å². The number of methoxy groups -OCH3 is 3. The molecule has 0 fully saturated rings. The van der Waals surface area contributed by atoms with Gasteiger partial charge >= 0.3 is 0 Å². The van der Waals surface area contributed by atoms with Crippen LogP contribution in [0.1, 0.15) is 19.4 Å². The summed E-state index contributed by atoms with van der Waals surface area (Å²) >= 11 is 0. The molecule has 3 N–H and O–H groups in total. The molecule has 0 bridgehead atoms. The average molecular weight is 463 g/mol. The second-order valence-electron chi connectivity index (χ2n) is 6.84. The Labute approximate surface area is 199 Å². The monoisotopic (exact) mass is 462 g/mol. The second kappa shape index (κ2) is 12.1. The van der Waals surface area contributed by atoms with Crippen molar-refractivity contribution in [2.45, 2.75) is 20.4 Å². The van der Waals surface area contributed by atoms with Crippen molar-refractivity contribution in [3.63, 3.8) is 0 Å². The van der Waals surface area contributed by atoms with Gasteiger partial charge in [-0.1, -0.05) is 26.0 Å². The Morgan fingerprint density at radius 3 is 2.29 bits per heavy atom. The minimum absolute atomic E-state index is 0.487. The van der Waals surface area contributed by atoms with Crippen LogP contribution in [0.2, 0.25) is 0 Å². The zero-order chi connectivity index (χ0) is 24.3. The zero-order valence-electron chi connectivity index (χ0n) is 20.0. The van der Waals surface area contributed by atoms with E-state index in [1.165, 1.54) is 0 Å². The minimum Gasteiger partial charge on any atom is -0.497 e. The summed E-state index contributed by atoms with van der Waals surface area (Å²) in [5.41, 5.74) is 2.61. The molecule has 0 radical (unpaired) electrons. The molecule has 178 valence electrons. The van der Waals surface area contributed by atoms with Gasteiger partial charge in [-0.15, -0.1) is 5.10 Å². The van der Waals surface area contributed by atoms with Crippen LogP contribution in [0.5, 0.6) is 17.2 Å². The molecule has 34 heavy (non-hydrogen) atoms. The first-order valence-electron chi connectivity index (χ1n) is 10.9. The summed E-state index contributed by atoms with van der Waals surface area (Å²) in [7, 11) is 4.87. The van der Waals surface area contributed by atoms with Gasteiger partial charge in [-0.25, -0.2) is 4.98 Å². The number of pyridine rings is 1. The normalized spacial score (nSPS) is 10.0. The second-order valence-corrected chi connectivity index (χ2v) is 6.84. The number of hydrogen-bond acceptors (Lipinski definition) is 8. The van der Waals surface area contributed by atoms with Crippen molar-refractivity contribution < 1.29 is 14.2 Å². The predicted octanol–water partition coefficient (Wildman–Crippen LogP) is 5.27. The van der Waals surface area contributed by atoms with E-state index in [0.717, 1.165) is 22.6 Å². The lowest BCUT2D eigenvalue weighted by atomic mass is 10.2. The minimum atomic E-state index is 0.487. The molecule has 0 amide bonds. The summed E-state index contributed by atoms with van der Waals surface area (Å²) in [6.45, 7) is 4.57. The summed E-state index contributed by atoms with van der Waals surface area (Å²) < 4.78 is 16.0. The van der Waals surface area contributed by atoms with Crippen molar-refractivity contribution in [1.82, 2.24) is 20.2 Å². The Morgan fingerprint density at radius 2 is 1.59 bits per heavy atom. The molecule has 0 saturated heterocycles. The molecule has 0 saturated carbocycles. The first-order valence-corrected chi connectivity index (χ1v) is 10.9. The first kappa shape index (κ1) is 24.4. The van der Waals surface area contributed by atoms with Gasteiger partial charge in [0.1, 0.15) is 23.1 Å². The van der Waals surface area contributed by atoms with Crippen LogP contribution in [0.3, 0.4) is 0 Å². The smallest absolute Gasteiger partial charge is 0.242 e. The highest BCUT2D eigenvalue weighted by Crippen LogP contribution is 2.31. The van der Waals surface area contributed by atoms with E-state index in [0.29, 0.717) is 35.6 Å². The van der Waals surface area contributed by atoms with Crippen LogP contribution in [0.25, 0.3) is 11.4 Å². The summed E-state index contributed by atoms with van der Waals surface area (Å²) in [6, 6.07) is 17.1. The third-order valence-electron chi connectivity index (χ3n) is 4.75. The fraction of sp³-hybridized carbons (Fsp3) is 0.240. The number of anilines is 3. The van der Waals surface area contributed by atoms with Crippen molar-refractivity contribution in [3.05, 3.63) is 66.4 Å². The Hall–Kier alpha value is -4.27. The molecule has 0 spiro atoms. The molecule has 0 atom stereocenters. The predicted molar refractivity (Wildman–Crippen MR) is 134 cm³/mol. The number of H-pyrrole nitrogens is 1. The summed E-state index contributed by atoms with van der Waals surface area (Å²) in [6.07, 6.45) is 1.71. The van der Waals surface area contributed by atoms with Crippen LogP contribution >= 0.6 is 0 Å². The highest BCUT2D eigenvalue weighted by atomic mass is 16.5. The zero-order valence-corrected chi connectivity index (χ0v) is 20.0. The summed E-state index contributed by atoms with van der Waals surface area (Å²) in [5, 5.41) is 13.8. The number of aromatic nitrogens is 4. The van der Waals surface area contributed by atoms with Crippen molar-refractivity contribution in [2.24, 2.45) is 0 Å². The van der Waals surface area contributed by atoms with Crippen molar-refractivity contribution in [3.8, 4) is 28.6 Å². The van der Waals surface area contributed by atoms with Crippen LogP contribution in [0, 0.1) is 0 Å². The van der Waals surface area contributed by atoms with E-state index in [2.05, 4.69) is 30.8 Å². The van der Waals surface area contributed by atoms with Gasteiger partial charge in [0.2, 0.25) is 5.95 Å². The average Bonchev–Trinajstić information content (AvgIpc) is 3.37. The number of benzene rings is 2. The molecule has 9 nitrogen and oxygen atoms in total. The SMILES string of the molecule is CC.COc1cccc(CNc2n[nH]c(-c3cccnc3Nc3cc(OC)cc(OC)c3)n2)c1. The Kier molecular flexibility index (Phi) is 8.67. The van der Waals surface area contributed by atoms with E-state index in [4.69, 9.17) is 14.2 Å². The number of nitrogens with one attached hydrogen (secondary N) is 3. The molecular weight excluding hydrogens is 432 g/mol. The number of nitrogens with zero attached hydrogens (tertiary/aromatic N) is 3. The fourth-order valence-corrected chi connectivity index (χ4v) is 3.14. The molecular formula is C25H30N6O3. The topological polar surface area (TPSA) is 106 Å². The summed E-state index contributed by atoms with van der Waals surface area (Å²) in [5.74, 6) is 3.85. The highest BCUT2D eigenvalue weighted by molar-refractivity contribution is 5.75. The van der Waals surface area contributed by atoms with E-state index >= 15 is 0 Å². The van der Waals surface area contributed by atoms with Gasteiger partial charge < -0.3 is 24.8 Å². The molecule has 2 aromatic carbocycles. The molecule has 2 aromatic heterocycles. The van der Waals surface area contributed by atoms with E-state index in [-0.39, 0.29) is 0 Å².